The Labute approximate surface area is 152 Å². The lowest BCUT2D eigenvalue weighted by Crippen LogP contribution is -2.46. The molecule has 1 atom stereocenters. The largest absolute Gasteiger partial charge is 0.465 e. The first-order chi connectivity index (χ1) is 11.1. The molecule has 1 fully saturated rings. The van der Waals surface area contributed by atoms with E-state index in [1.54, 1.807) is 7.05 Å². The molecule has 136 valence electrons. The molecule has 1 aromatic heterocycles. The van der Waals surface area contributed by atoms with Gasteiger partial charge in [-0.2, -0.15) is 5.10 Å². The van der Waals surface area contributed by atoms with Crippen LogP contribution < -0.4 is 0 Å². The minimum Gasteiger partial charge on any atom is -0.465 e. The fraction of sp³-hybridized carbons (Fsp3) is 0.765. The molecule has 0 bridgehead atoms. The molecule has 6 nitrogen and oxygen atoms in total. The van der Waals surface area contributed by atoms with E-state index in [9.17, 15) is 4.79 Å². The highest BCUT2D eigenvalue weighted by Gasteiger charge is 2.41. The van der Waals surface area contributed by atoms with Gasteiger partial charge in [0.15, 0.2) is 0 Å². The van der Waals surface area contributed by atoms with Gasteiger partial charge >= 0.3 is 6.09 Å². The van der Waals surface area contributed by atoms with Crippen LogP contribution in [0, 0.1) is 12.3 Å². The predicted molar refractivity (Wildman–Crippen MR) is 96.3 cm³/mol. The zero-order valence-corrected chi connectivity index (χ0v) is 16.6. The molecule has 7 heteroatoms. The van der Waals surface area contributed by atoms with E-state index < -0.39 is 6.09 Å². The molecule has 0 aliphatic heterocycles. The van der Waals surface area contributed by atoms with Crippen LogP contribution in [0.3, 0.4) is 0 Å². The minimum absolute atomic E-state index is 0.217. The molecule has 0 radical (unpaired) electrons. The molecule has 1 aromatic rings. The van der Waals surface area contributed by atoms with E-state index in [0.717, 1.165) is 29.4 Å². The maximum absolute atomic E-state index is 11.0. The Morgan fingerprint density at radius 2 is 2.21 bits per heavy atom. The summed E-state index contributed by atoms with van der Waals surface area (Å²) >= 11 is 3.51. The van der Waals surface area contributed by atoms with E-state index in [1.807, 2.05) is 17.8 Å². The van der Waals surface area contributed by atoms with Gasteiger partial charge in [-0.05, 0) is 54.0 Å². The summed E-state index contributed by atoms with van der Waals surface area (Å²) in [6, 6.07) is 0. The van der Waals surface area contributed by atoms with Gasteiger partial charge in [0, 0.05) is 19.3 Å². The molecule has 1 unspecified atom stereocenters. The molecule has 1 aliphatic carbocycles. The van der Waals surface area contributed by atoms with Crippen molar-refractivity contribution in [2.45, 2.75) is 58.6 Å². The van der Waals surface area contributed by atoms with Gasteiger partial charge in [0.25, 0.3) is 0 Å². The van der Waals surface area contributed by atoms with Gasteiger partial charge < -0.3 is 14.7 Å². The fourth-order valence-electron chi connectivity index (χ4n) is 3.59. The van der Waals surface area contributed by atoms with E-state index in [0.29, 0.717) is 19.7 Å². The molecule has 1 aliphatic rings. The SMILES string of the molecule is Cc1c(Br)cnn1CC1(OCCN(C)C(=O)O)CCCC(C)(C)C1. The summed E-state index contributed by atoms with van der Waals surface area (Å²) in [6.07, 6.45) is 5.12. The van der Waals surface area contributed by atoms with Crippen molar-refractivity contribution in [2.75, 3.05) is 20.2 Å². The van der Waals surface area contributed by atoms with Crippen molar-refractivity contribution in [2.24, 2.45) is 5.41 Å². The number of ether oxygens (including phenoxy) is 1. The first kappa shape index (κ1) is 19.2. The number of likely N-dealkylation sites (N-methyl/N-ethyl adjacent to an activating group) is 1. The minimum atomic E-state index is -0.927. The van der Waals surface area contributed by atoms with Gasteiger partial charge in [0.1, 0.15) is 0 Å². The number of nitrogens with zero attached hydrogens (tertiary/aromatic N) is 3. The van der Waals surface area contributed by atoms with Crippen molar-refractivity contribution >= 4 is 22.0 Å². The first-order valence-corrected chi connectivity index (χ1v) is 9.19. The maximum Gasteiger partial charge on any atom is 0.407 e. The molecule has 1 heterocycles. The number of amides is 1. The van der Waals surface area contributed by atoms with Gasteiger partial charge in [0.05, 0.1) is 29.4 Å². The number of hydrogen-bond acceptors (Lipinski definition) is 3. The van der Waals surface area contributed by atoms with Crippen LogP contribution in [-0.2, 0) is 11.3 Å². The quantitative estimate of drug-likeness (QED) is 0.783. The summed E-state index contributed by atoms with van der Waals surface area (Å²) in [5.74, 6) is 0. The highest BCUT2D eigenvalue weighted by molar-refractivity contribution is 9.10. The van der Waals surface area contributed by atoms with Crippen LogP contribution in [0.4, 0.5) is 4.79 Å². The molecular weight excluding hydrogens is 374 g/mol. The van der Waals surface area contributed by atoms with Crippen LogP contribution in [0.15, 0.2) is 10.7 Å². The Morgan fingerprint density at radius 1 is 1.50 bits per heavy atom. The second-order valence-corrected chi connectivity index (χ2v) is 8.52. The Kier molecular flexibility index (Phi) is 5.96. The molecule has 1 saturated carbocycles. The average molecular weight is 402 g/mol. The van der Waals surface area contributed by atoms with Gasteiger partial charge in [-0.1, -0.05) is 13.8 Å². The number of halogens is 1. The van der Waals surface area contributed by atoms with E-state index in [1.165, 1.54) is 11.3 Å². The van der Waals surface area contributed by atoms with E-state index in [-0.39, 0.29) is 11.0 Å². The van der Waals surface area contributed by atoms with Crippen LogP contribution in [0.2, 0.25) is 0 Å². The van der Waals surface area contributed by atoms with Gasteiger partial charge in [-0.3, -0.25) is 4.68 Å². The van der Waals surface area contributed by atoms with Crippen molar-refractivity contribution in [3.05, 3.63) is 16.4 Å². The molecule has 1 amide bonds. The van der Waals surface area contributed by atoms with E-state index in [2.05, 4.69) is 34.9 Å². The van der Waals surface area contributed by atoms with Crippen molar-refractivity contribution < 1.29 is 14.6 Å². The van der Waals surface area contributed by atoms with Crippen LogP contribution in [-0.4, -0.2) is 51.7 Å². The summed E-state index contributed by atoms with van der Waals surface area (Å²) < 4.78 is 9.30. The van der Waals surface area contributed by atoms with Crippen molar-refractivity contribution in [1.82, 2.24) is 14.7 Å². The second-order valence-electron chi connectivity index (χ2n) is 7.67. The highest BCUT2D eigenvalue weighted by Crippen LogP contribution is 2.44. The Hall–Kier alpha value is -1.08. The third-order valence-electron chi connectivity index (χ3n) is 4.93. The number of carboxylic acid groups (broad SMARTS) is 1. The standard InChI is InChI=1S/C17H28BrN3O3/c1-13-14(18)10-19-21(13)12-17(7-5-6-16(2,3)11-17)24-9-8-20(4)15(22)23/h10H,5-9,11-12H2,1-4H3,(H,22,23). The Balaban J connectivity index is 2.12. The first-order valence-electron chi connectivity index (χ1n) is 8.40. The lowest BCUT2D eigenvalue weighted by molar-refractivity contribution is -0.112. The van der Waals surface area contributed by atoms with Crippen LogP contribution in [0.1, 0.15) is 45.2 Å². The average Bonchev–Trinajstić information content (AvgIpc) is 2.78. The summed E-state index contributed by atoms with van der Waals surface area (Å²) in [5.41, 5.74) is 1.01. The Bertz CT molecular complexity index is 588. The van der Waals surface area contributed by atoms with Gasteiger partial charge in [0.2, 0.25) is 0 Å². The second kappa shape index (κ2) is 7.44. The zero-order valence-electron chi connectivity index (χ0n) is 15.0. The monoisotopic (exact) mass is 401 g/mol. The summed E-state index contributed by atoms with van der Waals surface area (Å²) in [6.45, 7) is 8.07. The number of carbonyl (C=O) groups is 1. The van der Waals surface area contributed by atoms with Crippen LogP contribution in [0.5, 0.6) is 0 Å². The smallest absolute Gasteiger partial charge is 0.407 e. The normalized spacial score (nSPS) is 23.2. The molecule has 0 saturated heterocycles. The molecule has 0 spiro atoms. The summed E-state index contributed by atoms with van der Waals surface area (Å²) in [7, 11) is 1.57. The number of aromatic nitrogens is 2. The molecule has 2 rings (SSSR count). The third-order valence-corrected chi connectivity index (χ3v) is 5.71. The topological polar surface area (TPSA) is 67.6 Å². The third kappa shape index (κ3) is 4.72. The lowest BCUT2D eigenvalue weighted by Gasteiger charge is -2.45. The van der Waals surface area contributed by atoms with Gasteiger partial charge in [-0.25, -0.2) is 4.79 Å². The predicted octanol–water partition coefficient (Wildman–Crippen LogP) is 3.92. The maximum atomic E-state index is 11.0. The number of hydrogen-bond donors (Lipinski definition) is 1. The van der Waals surface area contributed by atoms with Crippen molar-refractivity contribution in [1.29, 1.82) is 0 Å². The van der Waals surface area contributed by atoms with E-state index >= 15 is 0 Å². The Morgan fingerprint density at radius 3 is 2.75 bits per heavy atom. The summed E-state index contributed by atoms with van der Waals surface area (Å²) in [4.78, 5) is 12.2. The highest BCUT2D eigenvalue weighted by atomic mass is 79.9. The number of rotatable bonds is 6. The molecule has 0 aromatic carbocycles. The van der Waals surface area contributed by atoms with Crippen molar-refractivity contribution in [3.63, 3.8) is 0 Å². The molecule has 24 heavy (non-hydrogen) atoms. The van der Waals surface area contributed by atoms with Crippen LogP contribution >= 0.6 is 15.9 Å². The van der Waals surface area contributed by atoms with E-state index in [4.69, 9.17) is 9.84 Å². The molecule has 1 N–H and O–H groups in total. The van der Waals surface area contributed by atoms with Gasteiger partial charge in [-0.15, -0.1) is 0 Å². The van der Waals surface area contributed by atoms with Crippen LogP contribution in [0.25, 0.3) is 0 Å². The molecular formula is C17H28BrN3O3. The fourth-order valence-corrected chi connectivity index (χ4v) is 3.89. The zero-order chi connectivity index (χ0) is 18.0. The summed E-state index contributed by atoms with van der Waals surface area (Å²) in [5, 5.41) is 13.5. The van der Waals surface area contributed by atoms with Crippen molar-refractivity contribution in [3.8, 4) is 0 Å². The lowest BCUT2D eigenvalue weighted by atomic mass is 9.69.